The molecule has 0 amide bonds. The lowest BCUT2D eigenvalue weighted by Gasteiger charge is -2.16. The van der Waals surface area contributed by atoms with Crippen LogP contribution in [0, 0.1) is 11.3 Å². The molecule has 1 atom stereocenters. The van der Waals surface area contributed by atoms with Crippen LogP contribution in [0.2, 0.25) is 0 Å². The van der Waals surface area contributed by atoms with E-state index in [1.54, 1.807) is 6.07 Å². The predicted octanol–water partition coefficient (Wildman–Crippen LogP) is 4.49. The van der Waals surface area contributed by atoms with Crippen LogP contribution in [0.25, 0.3) is 0 Å². The number of halogens is 1. The summed E-state index contributed by atoms with van der Waals surface area (Å²) < 4.78 is 0.907. The van der Waals surface area contributed by atoms with Crippen LogP contribution in [-0.2, 0) is 0 Å². The van der Waals surface area contributed by atoms with Gasteiger partial charge < -0.3 is 5.32 Å². The third-order valence-electron chi connectivity index (χ3n) is 2.71. The highest BCUT2D eigenvalue weighted by atomic mass is 79.9. The first-order chi connectivity index (χ1) is 8.69. The fraction of sp³-hybridized carbons (Fsp3) is 0.133. The molecule has 0 saturated carbocycles. The number of anilines is 1. The molecule has 0 spiro atoms. The van der Waals surface area contributed by atoms with E-state index in [2.05, 4.69) is 46.4 Å². The first-order valence-electron chi connectivity index (χ1n) is 5.71. The van der Waals surface area contributed by atoms with Crippen molar-refractivity contribution >= 4 is 21.6 Å². The second-order valence-corrected chi connectivity index (χ2v) is 5.03. The summed E-state index contributed by atoms with van der Waals surface area (Å²) in [6.45, 7) is 2.10. The van der Waals surface area contributed by atoms with E-state index in [1.807, 2.05) is 30.3 Å². The van der Waals surface area contributed by atoms with Gasteiger partial charge in [0.25, 0.3) is 0 Å². The fourth-order valence-electron chi connectivity index (χ4n) is 1.81. The zero-order valence-electron chi connectivity index (χ0n) is 10.0. The molecule has 0 aliphatic rings. The van der Waals surface area contributed by atoms with Gasteiger partial charge in [0.05, 0.1) is 11.6 Å². The molecule has 0 aliphatic carbocycles. The highest BCUT2D eigenvalue weighted by molar-refractivity contribution is 9.10. The summed E-state index contributed by atoms with van der Waals surface area (Å²) in [7, 11) is 0. The lowest BCUT2D eigenvalue weighted by molar-refractivity contribution is 0.884. The second kappa shape index (κ2) is 5.70. The third kappa shape index (κ3) is 3.12. The molecule has 18 heavy (non-hydrogen) atoms. The number of nitrogens with zero attached hydrogens (tertiary/aromatic N) is 1. The number of rotatable bonds is 3. The molecule has 2 aromatic carbocycles. The molecule has 0 aliphatic heterocycles. The molecule has 1 N–H and O–H groups in total. The zero-order valence-corrected chi connectivity index (χ0v) is 11.6. The first-order valence-corrected chi connectivity index (χ1v) is 6.50. The van der Waals surface area contributed by atoms with Gasteiger partial charge in [0.1, 0.15) is 0 Å². The molecule has 0 radical (unpaired) electrons. The number of nitrogens with one attached hydrogen (secondary N) is 1. The van der Waals surface area contributed by atoms with Gasteiger partial charge in [-0.1, -0.05) is 46.3 Å². The average molecular weight is 301 g/mol. The molecule has 2 nitrogen and oxygen atoms in total. The Kier molecular flexibility index (Phi) is 4.01. The zero-order chi connectivity index (χ0) is 13.0. The molecular formula is C15H13BrN2. The minimum absolute atomic E-state index is 0.201. The standard InChI is InChI=1S/C15H13BrN2/c1-11(13-5-3-2-4-6-13)18-15-8-12(10-17)7-14(16)9-15/h2-9,11,18H,1H3. The molecule has 90 valence electrons. The van der Waals surface area contributed by atoms with Gasteiger partial charge in [-0.25, -0.2) is 0 Å². The summed E-state index contributed by atoms with van der Waals surface area (Å²) in [5.41, 5.74) is 2.81. The van der Waals surface area contributed by atoms with Crippen LogP contribution in [0.1, 0.15) is 24.1 Å². The molecule has 3 heteroatoms. The normalized spacial score (nSPS) is 11.6. The van der Waals surface area contributed by atoms with E-state index in [9.17, 15) is 0 Å². The molecule has 0 bridgehead atoms. The van der Waals surface area contributed by atoms with Crippen molar-refractivity contribution in [1.82, 2.24) is 0 Å². The summed E-state index contributed by atoms with van der Waals surface area (Å²) in [6, 6.07) is 18.2. The van der Waals surface area contributed by atoms with Crippen LogP contribution in [0.4, 0.5) is 5.69 Å². The average Bonchev–Trinajstić information content (AvgIpc) is 2.39. The van der Waals surface area contributed by atoms with Gasteiger partial charge in [-0.05, 0) is 30.7 Å². The van der Waals surface area contributed by atoms with Crippen LogP contribution >= 0.6 is 15.9 Å². The monoisotopic (exact) mass is 300 g/mol. The fourth-order valence-corrected chi connectivity index (χ4v) is 2.31. The van der Waals surface area contributed by atoms with Gasteiger partial charge in [-0.2, -0.15) is 5.26 Å². The van der Waals surface area contributed by atoms with E-state index in [4.69, 9.17) is 5.26 Å². The summed E-state index contributed by atoms with van der Waals surface area (Å²) in [4.78, 5) is 0. The maximum absolute atomic E-state index is 8.94. The van der Waals surface area contributed by atoms with E-state index in [0.717, 1.165) is 10.2 Å². The van der Waals surface area contributed by atoms with Crippen LogP contribution in [0.3, 0.4) is 0 Å². The third-order valence-corrected chi connectivity index (χ3v) is 3.17. The Morgan fingerprint density at radius 2 is 1.89 bits per heavy atom. The molecule has 0 heterocycles. The van der Waals surface area contributed by atoms with Gasteiger partial charge in [0.2, 0.25) is 0 Å². The summed E-state index contributed by atoms with van der Waals surface area (Å²) in [6.07, 6.45) is 0. The quantitative estimate of drug-likeness (QED) is 0.906. The van der Waals surface area contributed by atoms with Gasteiger partial charge in [0, 0.05) is 16.2 Å². The van der Waals surface area contributed by atoms with E-state index in [1.165, 1.54) is 5.56 Å². The molecule has 2 rings (SSSR count). The van der Waals surface area contributed by atoms with E-state index < -0.39 is 0 Å². The Morgan fingerprint density at radius 3 is 2.56 bits per heavy atom. The molecule has 0 saturated heterocycles. The van der Waals surface area contributed by atoms with Crippen molar-refractivity contribution in [2.45, 2.75) is 13.0 Å². The summed E-state index contributed by atoms with van der Waals surface area (Å²) in [5.74, 6) is 0. The molecule has 0 aromatic heterocycles. The molecule has 1 unspecified atom stereocenters. The number of hydrogen-bond acceptors (Lipinski definition) is 2. The summed E-state index contributed by atoms with van der Waals surface area (Å²) in [5, 5.41) is 12.3. The number of nitriles is 1. The maximum Gasteiger partial charge on any atom is 0.0992 e. The minimum Gasteiger partial charge on any atom is -0.378 e. The minimum atomic E-state index is 0.201. The van der Waals surface area contributed by atoms with Crippen molar-refractivity contribution in [3.63, 3.8) is 0 Å². The lowest BCUT2D eigenvalue weighted by atomic mass is 10.1. The van der Waals surface area contributed by atoms with Crippen molar-refractivity contribution < 1.29 is 0 Å². The largest absolute Gasteiger partial charge is 0.378 e. The SMILES string of the molecule is CC(Nc1cc(Br)cc(C#N)c1)c1ccccc1. The van der Waals surface area contributed by atoms with Crippen molar-refractivity contribution in [3.05, 3.63) is 64.1 Å². The van der Waals surface area contributed by atoms with E-state index in [0.29, 0.717) is 5.56 Å². The molecule has 0 fully saturated rings. The Hall–Kier alpha value is -1.79. The van der Waals surface area contributed by atoms with Crippen LogP contribution in [-0.4, -0.2) is 0 Å². The molecular weight excluding hydrogens is 288 g/mol. The van der Waals surface area contributed by atoms with E-state index in [-0.39, 0.29) is 6.04 Å². The van der Waals surface area contributed by atoms with Gasteiger partial charge in [-0.15, -0.1) is 0 Å². The highest BCUT2D eigenvalue weighted by Crippen LogP contribution is 2.23. The smallest absolute Gasteiger partial charge is 0.0992 e. The Balaban J connectivity index is 2.20. The van der Waals surface area contributed by atoms with Crippen molar-refractivity contribution in [2.75, 3.05) is 5.32 Å². The second-order valence-electron chi connectivity index (χ2n) is 4.12. The van der Waals surface area contributed by atoms with Gasteiger partial charge >= 0.3 is 0 Å². The predicted molar refractivity (Wildman–Crippen MR) is 77.3 cm³/mol. The summed E-state index contributed by atoms with van der Waals surface area (Å²) >= 11 is 3.41. The van der Waals surface area contributed by atoms with Crippen LogP contribution in [0.15, 0.2) is 53.0 Å². The lowest BCUT2D eigenvalue weighted by Crippen LogP contribution is -2.06. The Morgan fingerprint density at radius 1 is 1.17 bits per heavy atom. The topological polar surface area (TPSA) is 35.8 Å². The Bertz CT molecular complexity index is 573. The van der Waals surface area contributed by atoms with Crippen LogP contribution in [0.5, 0.6) is 0 Å². The van der Waals surface area contributed by atoms with Crippen LogP contribution < -0.4 is 5.32 Å². The van der Waals surface area contributed by atoms with Gasteiger partial charge in [0.15, 0.2) is 0 Å². The first kappa shape index (κ1) is 12.7. The number of benzene rings is 2. The van der Waals surface area contributed by atoms with Gasteiger partial charge in [-0.3, -0.25) is 0 Å². The van der Waals surface area contributed by atoms with Crippen molar-refractivity contribution in [1.29, 1.82) is 5.26 Å². The number of hydrogen-bond donors (Lipinski definition) is 1. The van der Waals surface area contributed by atoms with Crippen molar-refractivity contribution in [2.24, 2.45) is 0 Å². The Labute approximate surface area is 115 Å². The maximum atomic E-state index is 8.94. The highest BCUT2D eigenvalue weighted by Gasteiger charge is 2.05. The van der Waals surface area contributed by atoms with Crippen molar-refractivity contribution in [3.8, 4) is 6.07 Å². The van der Waals surface area contributed by atoms with E-state index >= 15 is 0 Å². The molecule has 2 aromatic rings.